The predicted octanol–water partition coefficient (Wildman–Crippen LogP) is 4.61. The van der Waals surface area contributed by atoms with Crippen molar-refractivity contribution in [2.75, 3.05) is 57.3 Å². The van der Waals surface area contributed by atoms with Gasteiger partial charge in [-0.2, -0.15) is 0 Å². The molecule has 220 valence electrons. The zero-order valence-electron chi connectivity index (χ0n) is 23.6. The fourth-order valence-corrected chi connectivity index (χ4v) is 6.68. The van der Waals surface area contributed by atoms with E-state index in [-0.39, 0.29) is 35.1 Å². The summed E-state index contributed by atoms with van der Waals surface area (Å²) in [5.41, 5.74) is 1.53. The van der Waals surface area contributed by atoms with E-state index in [1.54, 1.807) is 16.7 Å². The van der Waals surface area contributed by atoms with Crippen LogP contribution in [0.1, 0.15) is 42.1 Å². The summed E-state index contributed by atoms with van der Waals surface area (Å²) in [4.78, 5) is 45.9. The summed E-state index contributed by atoms with van der Waals surface area (Å²) in [5.74, 6) is -1.22. The molecule has 5 rings (SSSR count). The van der Waals surface area contributed by atoms with Crippen molar-refractivity contribution >= 4 is 35.0 Å². The quantitative estimate of drug-likeness (QED) is 0.475. The van der Waals surface area contributed by atoms with Crippen molar-refractivity contribution in [2.24, 2.45) is 17.8 Å². The van der Waals surface area contributed by atoms with Gasteiger partial charge < -0.3 is 19.6 Å². The van der Waals surface area contributed by atoms with Crippen molar-refractivity contribution in [2.45, 2.75) is 33.1 Å². The van der Waals surface area contributed by atoms with Crippen molar-refractivity contribution in [1.82, 2.24) is 14.7 Å². The Bertz CT molecular complexity index is 1300. The summed E-state index contributed by atoms with van der Waals surface area (Å²) in [7, 11) is 0. The first-order valence-corrected chi connectivity index (χ1v) is 14.8. The number of carbonyl (C=O) groups is 3. The summed E-state index contributed by atoms with van der Waals surface area (Å²) in [6.45, 7) is 8.77. The van der Waals surface area contributed by atoms with Gasteiger partial charge in [0.1, 0.15) is 11.6 Å². The van der Waals surface area contributed by atoms with Crippen LogP contribution < -0.4 is 4.90 Å². The van der Waals surface area contributed by atoms with E-state index in [1.807, 2.05) is 30.0 Å². The number of benzene rings is 2. The molecular weight excluding hydrogens is 550 g/mol. The fourth-order valence-electron chi connectivity index (χ4n) is 6.50. The highest BCUT2D eigenvalue weighted by Gasteiger charge is 2.42. The number of hydrogen-bond acceptors (Lipinski definition) is 4. The maximum absolute atomic E-state index is 14.1. The first kappa shape index (κ1) is 29.5. The molecule has 0 spiro atoms. The topological polar surface area (TPSA) is 64.2 Å². The van der Waals surface area contributed by atoms with Crippen molar-refractivity contribution in [3.8, 4) is 0 Å². The Morgan fingerprint density at radius 1 is 0.951 bits per heavy atom. The summed E-state index contributed by atoms with van der Waals surface area (Å²) in [5, 5.41) is 0.622. The molecule has 3 aliphatic heterocycles. The van der Waals surface area contributed by atoms with E-state index < -0.39 is 17.5 Å². The van der Waals surface area contributed by atoms with Gasteiger partial charge in [0, 0.05) is 69.4 Å². The Kier molecular flexibility index (Phi) is 8.94. The third kappa shape index (κ3) is 6.56. The number of anilines is 1. The summed E-state index contributed by atoms with van der Waals surface area (Å²) < 4.78 is 27.8. The molecule has 0 aromatic heterocycles. The number of likely N-dealkylation sites (tertiary alicyclic amines) is 3. The summed E-state index contributed by atoms with van der Waals surface area (Å²) in [6.07, 6.45) is 2.08. The molecule has 2 aromatic carbocycles. The molecule has 0 N–H and O–H groups in total. The number of aryl methyl sites for hydroxylation is 1. The molecule has 3 fully saturated rings. The average Bonchev–Trinajstić information content (AvgIpc) is 3.52. The second-order valence-corrected chi connectivity index (χ2v) is 12.1. The molecular formula is C31H37ClF2N4O3. The lowest BCUT2D eigenvalue weighted by Gasteiger charge is -2.34. The van der Waals surface area contributed by atoms with Gasteiger partial charge in [-0.1, -0.05) is 17.7 Å². The maximum Gasteiger partial charge on any atom is 0.256 e. The molecule has 2 atom stereocenters. The number of hydrogen-bond donors (Lipinski definition) is 0. The number of rotatable bonds is 7. The summed E-state index contributed by atoms with van der Waals surface area (Å²) >= 11 is 6.43. The van der Waals surface area contributed by atoms with Crippen LogP contribution in [0.15, 0.2) is 36.4 Å². The molecule has 2 unspecified atom stereocenters. The van der Waals surface area contributed by atoms with Crippen LogP contribution in [-0.2, 0) is 9.59 Å². The minimum atomic E-state index is -0.701. The monoisotopic (exact) mass is 586 g/mol. The van der Waals surface area contributed by atoms with Crippen molar-refractivity contribution in [3.05, 3.63) is 64.2 Å². The Morgan fingerprint density at radius 2 is 1.63 bits per heavy atom. The fraction of sp³-hybridized carbons (Fsp3) is 0.516. The van der Waals surface area contributed by atoms with Crippen LogP contribution in [0.5, 0.6) is 0 Å². The Labute approximate surface area is 245 Å². The van der Waals surface area contributed by atoms with E-state index in [0.717, 1.165) is 55.5 Å². The van der Waals surface area contributed by atoms with Crippen LogP contribution in [0, 0.1) is 36.3 Å². The molecule has 2 aromatic rings. The Balaban J connectivity index is 1.17. The highest BCUT2D eigenvalue weighted by atomic mass is 35.5. The first-order chi connectivity index (χ1) is 19.6. The van der Waals surface area contributed by atoms with Crippen LogP contribution >= 0.6 is 11.6 Å². The number of halogens is 3. The van der Waals surface area contributed by atoms with Crippen LogP contribution in [0.4, 0.5) is 14.5 Å². The van der Waals surface area contributed by atoms with Gasteiger partial charge in [0.25, 0.3) is 5.91 Å². The SMILES string of the molecule is CC(=O)N1CCC(C(=O)N(CCCN2CC3CN(C(=O)c4cc(F)ccc4F)CC3C2)c2ccc(C)c(Cl)c2)CC1. The smallest absolute Gasteiger partial charge is 0.256 e. The molecule has 3 saturated heterocycles. The second-order valence-electron chi connectivity index (χ2n) is 11.7. The van der Waals surface area contributed by atoms with Crippen LogP contribution in [0.2, 0.25) is 5.02 Å². The summed E-state index contributed by atoms with van der Waals surface area (Å²) in [6, 6.07) is 8.71. The van der Waals surface area contributed by atoms with Gasteiger partial charge in [-0.3, -0.25) is 14.4 Å². The zero-order chi connectivity index (χ0) is 29.3. The van der Waals surface area contributed by atoms with Gasteiger partial charge in [0.05, 0.1) is 5.56 Å². The molecule has 3 amide bonds. The van der Waals surface area contributed by atoms with Crippen molar-refractivity contribution in [1.29, 1.82) is 0 Å². The molecule has 0 radical (unpaired) electrons. The lowest BCUT2D eigenvalue weighted by molar-refractivity contribution is -0.133. The Morgan fingerprint density at radius 3 is 2.27 bits per heavy atom. The van der Waals surface area contributed by atoms with Gasteiger partial charge in [0.15, 0.2) is 0 Å². The van der Waals surface area contributed by atoms with E-state index in [9.17, 15) is 23.2 Å². The Hall–Kier alpha value is -3.04. The van der Waals surface area contributed by atoms with Crippen LogP contribution in [-0.4, -0.2) is 84.8 Å². The maximum atomic E-state index is 14.1. The lowest BCUT2D eigenvalue weighted by atomic mass is 9.94. The van der Waals surface area contributed by atoms with Crippen LogP contribution in [0.3, 0.4) is 0 Å². The highest BCUT2D eigenvalue weighted by Crippen LogP contribution is 2.33. The molecule has 3 aliphatic rings. The van der Waals surface area contributed by atoms with Crippen molar-refractivity contribution in [3.63, 3.8) is 0 Å². The number of fused-ring (bicyclic) bond motifs is 1. The largest absolute Gasteiger partial charge is 0.343 e. The van der Waals surface area contributed by atoms with Gasteiger partial charge in [-0.05, 0) is 80.5 Å². The zero-order valence-corrected chi connectivity index (χ0v) is 24.4. The van der Waals surface area contributed by atoms with Gasteiger partial charge >= 0.3 is 0 Å². The van der Waals surface area contributed by atoms with Gasteiger partial charge in [-0.15, -0.1) is 0 Å². The standard InChI is InChI=1S/C31H37ClF2N4O3/c1-20-4-6-26(15-28(20)32)38(30(40)22-8-12-36(13-9-22)21(2)39)11-3-10-35-16-23-18-37(19-24(23)17-35)31(41)27-14-25(33)5-7-29(27)34/h4-7,14-15,22-24H,3,8-13,16-19H2,1-2H3. The normalized spacial score (nSPS) is 21.3. The van der Waals surface area contributed by atoms with Crippen LogP contribution in [0.25, 0.3) is 0 Å². The molecule has 3 heterocycles. The second kappa shape index (κ2) is 12.4. The van der Waals surface area contributed by atoms with E-state index in [1.165, 1.54) is 0 Å². The minimum absolute atomic E-state index is 0.0436. The third-order valence-corrected chi connectivity index (χ3v) is 9.29. The first-order valence-electron chi connectivity index (χ1n) is 14.4. The van der Waals surface area contributed by atoms with Gasteiger partial charge in [0.2, 0.25) is 11.8 Å². The number of piperidine rings is 1. The minimum Gasteiger partial charge on any atom is -0.343 e. The van der Waals surface area contributed by atoms with E-state index in [2.05, 4.69) is 4.90 Å². The number of nitrogens with zero attached hydrogens (tertiary/aromatic N) is 4. The molecule has 0 saturated carbocycles. The van der Waals surface area contributed by atoms with E-state index in [0.29, 0.717) is 50.6 Å². The number of carbonyl (C=O) groups excluding carboxylic acids is 3. The molecule has 41 heavy (non-hydrogen) atoms. The van der Waals surface area contributed by atoms with Crippen molar-refractivity contribution < 1.29 is 23.2 Å². The van der Waals surface area contributed by atoms with Gasteiger partial charge in [-0.25, -0.2) is 8.78 Å². The third-order valence-electron chi connectivity index (χ3n) is 8.89. The molecule has 0 bridgehead atoms. The van der Waals surface area contributed by atoms with E-state index >= 15 is 0 Å². The predicted molar refractivity (Wildman–Crippen MR) is 154 cm³/mol. The van der Waals surface area contributed by atoms with E-state index in [4.69, 9.17) is 11.6 Å². The lowest BCUT2D eigenvalue weighted by Crippen LogP contribution is -2.44. The highest BCUT2D eigenvalue weighted by molar-refractivity contribution is 6.31. The average molecular weight is 587 g/mol. The molecule has 0 aliphatic carbocycles. The molecule has 10 heteroatoms. The molecule has 7 nitrogen and oxygen atoms in total. The number of amides is 3.